The number of carboxylic acids is 1. The summed E-state index contributed by atoms with van der Waals surface area (Å²) in [6.07, 6.45) is -15.0. The zero-order valence-corrected chi connectivity index (χ0v) is 39.6. The Balaban J connectivity index is 1.03. The van der Waals surface area contributed by atoms with Gasteiger partial charge in [0, 0.05) is 0 Å². The van der Waals surface area contributed by atoms with Gasteiger partial charge in [-0.2, -0.15) is 0 Å². The predicted molar refractivity (Wildman–Crippen MR) is 230 cm³/mol. The SMILES string of the molecule is C[C@H]1[C@H](C)[C@H](O[C@@H]2O[C@H](CO)[C@@H](O)[C@H](O)[C@H]2O)C[C@]2(C(=O)O)CC[C@]3(C)C(=CC[C@@H]4[C@@]5(C)CC[C@H](O[C@@H]6O[C@H](CO)[C@@H](O)[C@H](O)[C@H]6O[C@@H]6O[C@@H](C)[C@H](O)[C@@H](O)[C@H]6O)C(C)(C)[C@@H]5CC[C@]43C)[C@H]12. The maximum absolute atomic E-state index is 13.8. The summed E-state index contributed by atoms with van der Waals surface area (Å²) in [4.78, 5) is 13.8. The molecule has 3 aliphatic heterocycles. The second-order valence-electron chi connectivity index (χ2n) is 23.0. The highest BCUT2D eigenvalue weighted by Crippen LogP contribution is 2.76. The molecule has 26 atom stereocenters. The molecule has 18 heteroatoms. The average molecular weight is 943 g/mol. The topological polar surface area (TPSA) is 295 Å². The fourth-order valence-corrected chi connectivity index (χ4v) is 15.4. The van der Waals surface area contributed by atoms with Crippen LogP contribution in [0.4, 0.5) is 0 Å². The van der Waals surface area contributed by atoms with Crippen molar-refractivity contribution in [2.45, 2.75) is 211 Å². The minimum Gasteiger partial charge on any atom is -0.481 e. The molecule has 3 saturated heterocycles. The van der Waals surface area contributed by atoms with Crippen molar-refractivity contribution < 1.29 is 89.4 Å². The van der Waals surface area contributed by atoms with Crippen molar-refractivity contribution in [1.82, 2.24) is 0 Å². The Morgan fingerprint density at radius 2 is 1.24 bits per heavy atom. The third kappa shape index (κ3) is 7.61. The molecule has 18 nitrogen and oxygen atoms in total. The van der Waals surface area contributed by atoms with Gasteiger partial charge in [-0.15, -0.1) is 0 Å². The van der Waals surface area contributed by atoms with Gasteiger partial charge in [0.05, 0.1) is 36.9 Å². The van der Waals surface area contributed by atoms with Crippen molar-refractivity contribution >= 4 is 5.97 Å². The minimum atomic E-state index is -1.68. The van der Waals surface area contributed by atoms with E-state index < -0.39 is 134 Å². The van der Waals surface area contributed by atoms with Crippen LogP contribution < -0.4 is 0 Å². The monoisotopic (exact) mass is 943 g/mol. The van der Waals surface area contributed by atoms with E-state index in [1.807, 2.05) is 6.92 Å². The lowest BCUT2D eigenvalue weighted by atomic mass is 9.33. The van der Waals surface area contributed by atoms with E-state index in [0.717, 1.165) is 25.7 Å². The first-order valence-corrected chi connectivity index (χ1v) is 24.4. The molecule has 5 aliphatic carbocycles. The predicted octanol–water partition coefficient (Wildman–Crippen LogP) is 0.561. The van der Waals surface area contributed by atoms with E-state index in [1.54, 1.807) is 0 Å². The summed E-state index contributed by atoms with van der Waals surface area (Å²) >= 11 is 0. The average Bonchev–Trinajstić information content (AvgIpc) is 3.27. The van der Waals surface area contributed by atoms with Gasteiger partial charge in [0.15, 0.2) is 18.9 Å². The standard InChI is InChI=1S/C48H78O18/c1-20-21(2)30-23-9-10-28-45(6)13-12-29(65-42-39(36(56)33(53)26(19-50)64-42)66-40-37(57)34(54)31(51)22(3)61-40)44(4,5)27(45)11-14-47(28,8)46(23,7)15-16-48(30,43(59)60)17-24(20)62-41-38(58)35(55)32(52)25(18-49)63-41/h9,20-22,24-42,49-58H,10-19H2,1-8H3,(H,59,60)/t20-,21-,22-,24+,25+,26+,27-,28+,29-,30-,31-,32+,33+,34+,35-,36-,37+,38+,39+,40-,41+,42-,45-,46+,47+,48+/m0/s1. The van der Waals surface area contributed by atoms with Crippen LogP contribution in [0.25, 0.3) is 0 Å². The highest BCUT2D eigenvalue weighted by molar-refractivity contribution is 5.77. The lowest BCUT2D eigenvalue weighted by molar-refractivity contribution is -0.376. The van der Waals surface area contributed by atoms with Gasteiger partial charge >= 0.3 is 5.97 Å². The molecule has 378 valence electrons. The number of rotatable bonds is 9. The fourth-order valence-electron chi connectivity index (χ4n) is 15.4. The number of hydrogen-bond acceptors (Lipinski definition) is 17. The number of hydrogen-bond donors (Lipinski definition) is 11. The Kier molecular flexibility index (Phi) is 13.9. The summed E-state index contributed by atoms with van der Waals surface area (Å²) in [5, 5.41) is 117. The molecule has 0 bridgehead atoms. The number of carboxylic acid groups (broad SMARTS) is 1. The Labute approximate surface area is 387 Å². The maximum Gasteiger partial charge on any atom is 0.310 e. The third-order valence-electron chi connectivity index (χ3n) is 19.8. The molecule has 11 N–H and O–H groups in total. The quantitative estimate of drug-likeness (QED) is 0.111. The Morgan fingerprint density at radius 3 is 1.86 bits per heavy atom. The maximum atomic E-state index is 13.8. The van der Waals surface area contributed by atoms with Gasteiger partial charge in [0.2, 0.25) is 0 Å². The molecule has 0 spiro atoms. The van der Waals surface area contributed by atoms with Crippen LogP contribution in [0.5, 0.6) is 0 Å². The van der Waals surface area contributed by atoms with Gasteiger partial charge in [-0.25, -0.2) is 0 Å². The number of aliphatic hydroxyl groups excluding tert-OH is 10. The summed E-state index contributed by atoms with van der Waals surface area (Å²) in [6.45, 7) is 15.9. The molecule has 4 saturated carbocycles. The minimum absolute atomic E-state index is 0.151. The van der Waals surface area contributed by atoms with E-state index in [9.17, 15) is 61.0 Å². The van der Waals surface area contributed by atoms with Crippen LogP contribution in [-0.2, 0) is 33.2 Å². The van der Waals surface area contributed by atoms with Crippen LogP contribution in [0.3, 0.4) is 0 Å². The first kappa shape index (κ1) is 50.9. The van der Waals surface area contributed by atoms with E-state index in [-0.39, 0.29) is 52.3 Å². The van der Waals surface area contributed by atoms with Gasteiger partial charge in [-0.05, 0) is 110 Å². The number of allylic oxidation sites excluding steroid dienone is 2. The highest BCUT2D eigenvalue weighted by Gasteiger charge is 2.71. The van der Waals surface area contributed by atoms with E-state index in [0.29, 0.717) is 19.3 Å². The Morgan fingerprint density at radius 1 is 0.652 bits per heavy atom. The van der Waals surface area contributed by atoms with Crippen molar-refractivity contribution in [2.75, 3.05) is 13.2 Å². The first-order valence-electron chi connectivity index (χ1n) is 24.4. The summed E-state index contributed by atoms with van der Waals surface area (Å²) in [5.41, 5.74) is -1.13. The van der Waals surface area contributed by atoms with Crippen LogP contribution in [0.2, 0.25) is 0 Å². The molecule has 0 amide bonds. The van der Waals surface area contributed by atoms with Crippen LogP contribution in [0.15, 0.2) is 11.6 Å². The number of carbonyl (C=O) groups is 1. The van der Waals surface area contributed by atoms with Crippen LogP contribution >= 0.6 is 0 Å². The molecule has 0 aromatic rings. The zero-order valence-electron chi connectivity index (χ0n) is 39.6. The van der Waals surface area contributed by atoms with E-state index in [1.165, 1.54) is 12.5 Å². The van der Waals surface area contributed by atoms with Crippen molar-refractivity contribution in [3.8, 4) is 0 Å². The van der Waals surface area contributed by atoms with Gasteiger partial charge in [-0.1, -0.05) is 60.1 Å². The molecule has 7 fully saturated rings. The highest BCUT2D eigenvalue weighted by atomic mass is 16.8. The van der Waals surface area contributed by atoms with Gasteiger partial charge < -0.3 is 84.6 Å². The van der Waals surface area contributed by atoms with Gasteiger partial charge in [0.25, 0.3) is 0 Å². The van der Waals surface area contributed by atoms with E-state index in [2.05, 4.69) is 47.6 Å². The van der Waals surface area contributed by atoms with Crippen LogP contribution in [-0.4, -0.2) is 180 Å². The molecule has 0 unspecified atom stereocenters. The van der Waals surface area contributed by atoms with Gasteiger partial charge in [-0.3, -0.25) is 4.79 Å². The second-order valence-corrected chi connectivity index (χ2v) is 23.0. The van der Waals surface area contributed by atoms with Crippen LogP contribution in [0, 0.1) is 56.7 Å². The van der Waals surface area contributed by atoms with Crippen molar-refractivity contribution in [3.05, 3.63) is 11.6 Å². The Bertz CT molecular complexity index is 1800. The molecular formula is C48H78O18. The van der Waals surface area contributed by atoms with E-state index >= 15 is 0 Å². The van der Waals surface area contributed by atoms with Crippen molar-refractivity contribution in [1.29, 1.82) is 0 Å². The summed E-state index contributed by atoms with van der Waals surface area (Å²) in [6, 6.07) is 0. The van der Waals surface area contributed by atoms with Gasteiger partial charge in [0.1, 0.15) is 67.1 Å². The van der Waals surface area contributed by atoms with Crippen molar-refractivity contribution in [2.24, 2.45) is 56.7 Å². The summed E-state index contributed by atoms with van der Waals surface area (Å²) < 4.78 is 36.8. The third-order valence-corrected chi connectivity index (χ3v) is 19.8. The molecule has 3 heterocycles. The normalized spacial score (nSPS) is 55.9. The first-order chi connectivity index (χ1) is 30.8. The molecule has 0 aromatic heterocycles. The molecule has 0 radical (unpaired) electrons. The number of fused-ring (bicyclic) bond motifs is 7. The number of ether oxygens (including phenoxy) is 6. The zero-order chi connectivity index (χ0) is 48.4. The second kappa shape index (κ2) is 18.0. The molecule has 8 rings (SSSR count). The van der Waals surface area contributed by atoms with Crippen LogP contribution in [0.1, 0.15) is 107 Å². The lowest BCUT2D eigenvalue weighted by Crippen LogP contribution is -2.67. The molecule has 66 heavy (non-hydrogen) atoms. The lowest BCUT2D eigenvalue weighted by Gasteiger charge is -2.71. The fraction of sp³-hybridized carbons (Fsp3) is 0.938. The van der Waals surface area contributed by atoms with E-state index in [4.69, 9.17) is 28.4 Å². The Hall–Kier alpha value is -1.43. The number of aliphatic hydroxyl groups is 10. The smallest absolute Gasteiger partial charge is 0.310 e. The van der Waals surface area contributed by atoms with Crippen molar-refractivity contribution in [3.63, 3.8) is 0 Å². The molecule has 8 aliphatic rings. The molecule has 0 aromatic carbocycles. The molecular weight excluding hydrogens is 865 g/mol. The largest absolute Gasteiger partial charge is 0.481 e. The number of aliphatic carboxylic acids is 1. The summed E-state index contributed by atoms with van der Waals surface area (Å²) in [7, 11) is 0. The summed E-state index contributed by atoms with van der Waals surface area (Å²) in [5.74, 6) is -1.12.